The Labute approximate surface area is 134 Å². The first-order valence-electron chi connectivity index (χ1n) is 7.38. The van der Waals surface area contributed by atoms with Crippen molar-refractivity contribution in [2.45, 2.75) is 19.9 Å². The number of carbonyl (C=O) groups is 1. The first-order chi connectivity index (χ1) is 11.1. The lowest BCUT2D eigenvalue weighted by Crippen LogP contribution is -2.06. The summed E-state index contributed by atoms with van der Waals surface area (Å²) in [7, 11) is 0. The highest BCUT2D eigenvalue weighted by molar-refractivity contribution is 5.73. The van der Waals surface area contributed by atoms with E-state index in [0.717, 1.165) is 16.8 Å². The molecule has 1 aromatic heterocycles. The van der Waals surface area contributed by atoms with E-state index in [1.807, 2.05) is 61.5 Å². The van der Waals surface area contributed by atoms with Gasteiger partial charge in [-0.25, -0.2) is 4.68 Å². The SMILES string of the molecule is Cc1ccc(Cn2nnc(CC(=O)O)c2-c2ccccc2)cc1. The number of rotatable bonds is 5. The normalized spacial score (nSPS) is 10.7. The van der Waals surface area contributed by atoms with Crippen LogP contribution >= 0.6 is 0 Å². The number of benzene rings is 2. The fraction of sp³-hybridized carbons (Fsp3) is 0.167. The van der Waals surface area contributed by atoms with E-state index in [0.29, 0.717) is 12.2 Å². The van der Waals surface area contributed by atoms with Crippen LogP contribution in [0.15, 0.2) is 54.6 Å². The van der Waals surface area contributed by atoms with E-state index in [1.165, 1.54) is 5.56 Å². The zero-order valence-electron chi connectivity index (χ0n) is 12.8. The number of carboxylic acids is 1. The third-order valence-electron chi connectivity index (χ3n) is 3.62. The Bertz CT molecular complexity index is 808. The van der Waals surface area contributed by atoms with Gasteiger partial charge in [-0.2, -0.15) is 0 Å². The Morgan fingerprint density at radius 3 is 2.43 bits per heavy atom. The summed E-state index contributed by atoms with van der Waals surface area (Å²) in [6, 6.07) is 17.8. The predicted octanol–water partition coefficient (Wildman–Crippen LogP) is 2.93. The fourth-order valence-electron chi connectivity index (χ4n) is 2.50. The number of aromatic nitrogens is 3. The number of aliphatic carboxylic acids is 1. The van der Waals surface area contributed by atoms with Crippen molar-refractivity contribution in [3.63, 3.8) is 0 Å². The molecule has 5 nitrogen and oxygen atoms in total. The minimum Gasteiger partial charge on any atom is -0.481 e. The van der Waals surface area contributed by atoms with E-state index in [-0.39, 0.29) is 6.42 Å². The standard InChI is InChI=1S/C18H17N3O2/c1-13-7-9-14(10-8-13)12-21-18(15-5-3-2-4-6-15)16(19-20-21)11-17(22)23/h2-10H,11-12H2,1H3,(H,22,23). The fourth-order valence-corrected chi connectivity index (χ4v) is 2.50. The molecule has 3 rings (SSSR count). The van der Waals surface area contributed by atoms with Gasteiger partial charge < -0.3 is 5.11 Å². The maximum absolute atomic E-state index is 11.1. The quantitative estimate of drug-likeness (QED) is 0.787. The lowest BCUT2D eigenvalue weighted by Gasteiger charge is -2.08. The zero-order chi connectivity index (χ0) is 16.2. The van der Waals surface area contributed by atoms with Crippen molar-refractivity contribution in [2.75, 3.05) is 0 Å². The van der Waals surface area contributed by atoms with Crippen molar-refractivity contribution < 1.29 is 9.90 Å². The molecule has 0 amide bonds. The molecule has 1 heterocycles. The van der Waals surface area contributed by atoms with Gasteiger partial charge in [-0.05, 0) is 12.5 Å². The van der Waals surface area contributed by atoms with E-state index in [2.05, 4.69) is 10.3 Å². The van der Waals surface area contributed by atoms with Gasteiger partial charge in [0.05, 0.1) is 18.7 Å². The number of carboxylic acid groups (broad SMARTS) is 1. The van der Waals surface area contributed by atoms with Crippen molar-refractivity contribution in [3.8, 4) is 11.3 Å². The summed E-state index contributed by atoms with van der Waals surface area (Å²) in [6.45, 7) is 2.59. The average molecular weight is 307 g/mol. The lowest BCUT2D eigenvalue weighted by atomic mass is 10.1. The van der Waals surface area contributed by atoms with Crippen LogP contribution in [0.5, 0.6) is 0 Å². The molecule has 116 valence electrons. The molecular formula is C18H17N3O2. The minimum absolute atomic E-state index is 0.141. The average Bonchev–Trinajstić information content (AvgIpc) is 2.92. The van der Waals surface area contributed by atoms with Crippen molar-refractivity contribution >= 4 is 5.97 Å². The van der Waals surface area contributed by atoms with Gasteiger partial charge >= 0.3 is 5.97 Å². The highest BCUT2D eigenvalue weighted by atomic mass is 16.4. The zero-order valence-corrected chi connectivity index (χ0v) is 12.8. The van der Waals surface area contributed by atoms with E-state index >= 15 is 0 Å². The Morgan fingerprint density at radius 1 is 1.09 bits per heavy atom. The molecule has 0 atom stereocenters. The van der Waals surface area contributed by atoms with Crippen LogP contribution in [0.3, 0.4) is 0 Å². The van der Waals surface area contributed by atoms with Crippen LogP contribution in [0.1, 0.15) is 16.8 Å². The van der Waals surface area contributed by atoms with Crippen molar-refractivity contribution in [1.82, 2.24) is 15.0 Å². The van der Waals surface area contributed by atoms with Crippen LogP contribution in [0, 0.1) is 6.92 Å². The minimum atomic E-state index is -0.912. The maximum atomic E-state index is 11.1. The molecule has 23 heavy (non-hydrogen) atoms. The molecule has 0 saturated carbocycles. The summed E-state index contributed by atoms with van der Waals surface area (Å²) >= 11 is 0. The Kier molecular flexibility index (Phi) is 4.19. The van der Waals surface area contributed by atoms with Crippen molar-refractivity contribution in [2.24, 2.45) is 0 Å². The molecule has 0 radical (unpaired) electrons. The molecule has 0 saturated heterocycles. The third kappa shape index (κ3) is 3.45. The second kappa shape index (κ2) is 6.44. The van der Waals surface area contributed by atoms with Gasteiger partial charge in [0.15, 0.2) is 0 Å². The van der Waals surface area contributed by atoms with Crippen LogP contribution in [-0.4, -0.2) is 26.1 Å². The van der Waals surface area contributed by atoms with E-state index in [4.69, 9.17) is 5.11 Å². The van der Waals surface area contributed by atoms with Crippen molar-refractivity contribution in [1.29, 1.82) is 0 Å². The third-order valence-corrected chi connectivity index (χ3v) is 3.62. The molecule has 0 unspecified atom stereocenters. The highest BCUT2D eigenvalue weighted by Gasteiger charge is 2.17. The first kappa shape index (κ1) is 15.0. The number of hydrogen-bond acceptors (Lipinski definition) is 3. The van der Waals surface area contributed by atoms with Crippen LogP contribution in [0.25, 0.3) is 11.3 Å². The van der Waals surface area contributed by atoms with E-state index in [1.54, 1.807) is 4.68 Å². The van der Waals surface area contributed by atoms with Gasteiger partial charge in [0.1, 0.15) is 5.69 Å². The summed E-state index contributed by atoms with van der Waals surface area (Å²) in [5.74, 6) is -0.912. The smallest absolute Gasteiger partial charge is 0.309 e. The molecular weight excluding hydrogens is 290 g/mol. The molecule has 0 aliphatic heterocycles. The largest absolute Gasteiger partial charge is 0.481 e. The van der Waals surface area contributed by atoms with E-state index < -0.39 is 5.97 Å². The second-order valence-corrected chi connectivity index (χ2v) is 5.46. The maximum Gasteiger partial charge on any atom is 0.309 e. The van der Waals surface area contributed by atoms with Gasteiger partial charge in [-0.1, -0.05) is 65.4 Å². The summed E-state index contributed by atoms with van der Waals surface area (Å²) in [4.78, 5) is 11.1. The molecule has 0 fully saturated rings. The van der Waals surface area contributed by atoms with E-state index in [9.17, 15) is 4.79 Å². The van der Waals surface area contributed by atoms with Gasteiger partial charge in [-0.15, -0.1) is 5.10 Å². The number of aryl methyl sites for hydroxylation is 1. The number of nitrogens with zero attached hydrogens (tertiary/aromatic N) is 3. The van der Waals surface area contributed by atoms with Crippen LogP contribution in [-0.2, 0) is 17.8 Å². The van der Waals surface area contributed by atoms with Gasteiger partial charge in [0, 0.05) is 5.56 Å². The summed E-state index contributed by atoms with van der Waals surface area (Å²) in [6.07, 6.45) is -0.141. The van der Waals surface area contributed by atoms with Crippen LogP contribution < -0.4 is 0 Å². The Hall–Kier alpha value is -2.95. The molecule has 0 bridgehead atoms. The number of hydrogen-bond donors (Lipinski definition) is 1. The first-order valence-corrected chi connectivity index (χ1v) is 7.38. The Morgan fingerprint density at radius 2 is 1.78 bits per heavy atom. The molecule has 5 heteroatoms. The Balaban J connectivity index is 2.01. The summed E-state index contributed by atoms with van der Waals surface area (Å²) < 4.78 is 1.76. The molecule has 1 N–H and O–H groups in total. The second-order valence-electron chi connectivity index (χ2n) is 5.46. The van der Waals surface area contributed by atoms with Crippen molar-refractivity contribution in [3.05, 3.63) is 71.4 Å². The van der Waals surface area contributed by atoms with Gasteiger partial charge in [-0.3, -0.25) is 4.79 Å². The molecule has 3 aromatic rings. The molecule has 0 aliphatic rings. The van der Waals surface area contributed by atoms with Gasteiger partial charge in [0.2, 0.25) is 0 Å². The molecule has 0 spiro atoms. The van der Waals surface area contributed by atoms with Gasteiger partial charge in [0.25, 0.3) is 0 Å². The van der Waals surface area contributed by atoms with Crippen LogP contribution in [0.4, 0.5) is 0 Å². The predicted molar refractivity (Wildman–Crippen MR) is 87.1 cm³/mol. The van der Waals surface area contributed by atoms with Crippen LogP contribution in [0.2, 0.25) is 0 Å². The summed E-state index contributed by atoms with van der Waals surface area (Å²) in [5.41, 5.74) is 4.45. The monoisotopic (exact) mass is 307 g/mol. The topological polar surface area (TPSA) is 68.0 Å². The highest BCUT2D eigenvalue weighted by Crippen LogP contribution is 2.23. The molecule has 0 aliphatic carbocycles. The lowest BCUT2D eigenvalue weighted by molar-refractivity contribution is -0.136. The summed E-state index contributed by atoms with van der Waals surface area (Å²) in [5, 5.41) is 17.3. The molecule has 2 aromatic carbocycles.